The van der Waals surface area contributed by atoms with E-state index in [1.807, 2.05) is 39.0 Å². The highest BCUT2D eigenvalue weighted by Crippen LogP contribution is 2.16. The minimum absolute atomic E-state index is 0.0529. The second-order valence-electron chi connectivity index (χ2n) is 4.95. The molecular formula is C16H18O3S. The molecule has 0 radical (unpaired) electrons. The largest absolute Gasteiger partial charge is 0.297 e. The Morgan fingerprint density at radius 2 is 1.55 bits per heavy atom. The van der Waals surface area contributed by atoms with Crippen molar-refractivity contribution in [3.8, 4) is 0 Å². The van der Waals surface area contributed by atoms with Gasteiger partial charge in [-0.15, -0.1) is 0 Å². The van der Waals surface area contributed by atoms with Crippen LogP contribution < -0.4 is 0 Å². The molecule has 0 bridgehead atoms. The summed E-state index contributed by atoms with van der Waals surface area (Å²) in [5.41, 5.74) is 4.16. The molecule has 2 aromatic carbocycles. The molecule has 0 heterocycles. The normalized spacial score (nSPS) is 11.6. The first-order chi connectivity index (χ1) is 9.38. The van der Waals surface area contributed by atoms with Crippen molar-refractivity contribution in [2.75, 3.05) is 0 Å². The highest BCUT2D eigenvalue weighted by molar-refractivity contribution is 7.86. The molecule has 106 valence electrons. The maximum atomic E-state index is 12.0. The van der Waals surface area contributed by atoms with E-state index in [9.17, 15) is 8.42 Å². The van der Waals surface area contributed by atoms with E-state index in [2.05, 4.69) is 0 Å². The number of aryl methyl sites for hydroxylation is 3. The molecule has 0 aliphatic heterocycles. The van der Waals surface area contributed by atoms with Crippen LogP contribution in [0.3, 0.4) is 0 Å². The van der Waals surface area contributed by atoms with Crippen LogP contribution in [0, 0.1) is 20.8 Å². The molecule has 0 unspecified atom stereocenters. The molecule has 0 amide bonds. The van der Waals surface area contributed by atoms with E-state index in [1.54, 1.807) is 24.3 Å². The molecule has 0 N–H and O–H groups in total. The van der Waals surface area contributed by atoms with Crippen LogP contribution in [-0.2, 0) is 20.9 Å². The summed E-state index contributed by atoms with van der Waals surface area (Å²) in [6.07, 6.45) is 0. The van der Waals surface area contributed by atoms with Crippen LogP contribution in [0.5, 0.6) is 0 Å². The van der Waals surface area contributed by atoms with Gasteiger partial charge in [-0.05, 0) is 49.6 Å². The molecular weight excluding hydrogens is 272 g/mol. The molecule has 0 saturated heterocycles. The topological polar surface area (TPSA) is 43.4 Å². The summed E-state index contributed by atoms with van der Waals surface area (Å²) in [4.78, 5) is 0.187. The molecule has 0 aliphatic carbocycles. The minimum Gasteiger partial charge on any atom is -0.262 e. The fraction of sp³-hybridized carbons (Fsp3) is 0.250. The quantitative estimate of drug-likeness (QED) is 0.809. The molecule has 0 spiro atoms. The molecule has 0 aromatic heterocycles. The summed E-state index contributed by atoms with van der Waals surface area (Å²) in [7, 11) is -3.70. The highest BCUT2D eigenvalue weighted by atomic mass is 32.2. The lowest BCUT2D eigenvalue weighted by Gasteiger charge is -2.08. The van der Waals surface area contributed by atoms with Gasteiger partial charge in [0.15, 0.2) is 0 Å². The lowest BCUT2D eigenvalue weighted by molar-refractivity contribution is 0.308. The Bertz CT molecular complexity index is 701. The molecule has 0 aliphatic rings. The summed E-state index contributed by atoms with van der Waals surface area (Å²) >= 11 is 0. The SMILES string of the molecule is Cc1ccc(S(=O)(=O)OCc2ccc(C)c(C)c2)cc1. The molecule has 0 atom stereocenters. The van der Waals surface area contributed by atoms with Crippen LogP contribution in [0.2, 0.25) is 0 Å². The van der Waals surface area contributed by atoms with Gasteiger partial charge in [-0.3, -0.25) is 4.18 Å². The summed E-state index contributed by atoms with van der Waals surface area (Å²) < 4.78 is 29.2. The Balaban J connectivity index is 2.13. The van der Waals surface area contributed by atoms with E-state index in [0.717, 1.165) is 16.7 Å². The smallest absolute Gasteiger partial charge is 0.262 e. The predicted molar refractivity (Wildman–Crippen MR) is 79.1 cm³/mol. The van der Waals surface area contributed by atoms with Crippen molar-refractivity contribution in [3.05, 3.63) is 64.7 Å². The Morgan fingerprint density at radius 3 is 2.15 bits per heavy atom. The number of rotatable bonds is 4. The zero-order valence-electron chi connectivity index (χ0n) is 11.9. The number of hydrogen-bond donors (Lipinski definition) is 0. The van der Waals surface area contributed by atoms with Gasteiger partial charge in [0.2, 0.25) is 0 Å². The predicted octanol–water partition coefficient (Wildman–Crippen LogP) is 3.52. The Labute approximate surface area is 120 Å². The molecule has 20 heavy (non-hydrogen) atoms. The third kappa shape index (κ3) is 3.46. The lowest BCUT2D eigenvalue weighted by atomic mass is 10.1. The fourth-order valence-electron chi connectivity index (χ4n) is 1.81. The summed E-state index contributed by atoms with van der Waals surface area (Å²) in [6.45, 7) is 5.97. The number of hydrogen-bond acceptors (Lipinski definition) is 3. The van der Waals surface area contributed by atoms with Crippen molar-refractivity contribution in [3.63, 3.8) is 0 Å². The van der Waals surface area contributed by atoms with Gasteiger partial charge in [-0.25, -0.2) is 0 Å². The van der Waals surface area contributed by atoms with Crippen LogP contribution in [-0.4, -0.2) is 8.42 Å². The van der Waals surface area contributed by atoms with Crippen molar-refractivity contribution < 1.29 is 12.6 Å². The maximum absolute atomic E-state index is 12.0. The van der Waals surface area contributed by atoms with E-state index in [4.69, 9.17) is 4.18 Å². The van der Waals surface area contributed by atoms with E-state index in [1.165, 1.54) is 5.56 Å². The molecule has 2 aromatic rings. The average molecular weight is 290 g/mol. The van der Waals surface area contributed by atoms with Gasteiger partial charge in [0.05, 0.1) is 11.5 Å². The van der Waals surface area contributed by atoms with Crippen molar-refractivity contribution >= 4 is 10.1 Å². The lowest BCUT2D eigenvalue weighted by Crippen LogP contribution is -2.06. The van der Waals surface area contributed by atoms with Gasteiger partial charge in [0.1, 0.15) is 0 Å². The van der Waals surface area contributed by atoms with Crippen molar-refractivity contribution in [2.24, 2.45) is 0 Å². The molecule has 0 fully saturated rings. The van der Waals surface area contributed by atoms with Crippen molar-refractivity contribution in [2.45, 2.75) is 32.3 Å². The first kappa shape index (κ1) is 14.8. The van der Waals surface area contributed by atoms with Crippen molar-refractivity contribution in [1.29, 1.82) is 0 Å². The average Bonchev–Trinajstić information content (AvgIpc) is 2.41. The van der Waals surface area contributed by atoms with Gasteiger partial charge >= 0.3 is 0 Å². The van der Waals surface area contributed by atoms with Crippen LogP contribution in [0.1, 0.15) is 22.3 Å². The Morgan fingerprint density at radius 1 is 0.900 bits per heavy atom. The maximum Gasteiger partial charge on any atom is 0.297 e. The number of benzene rings is 2. The first-order valence-corrected chi connectivity index (χ1v) is 7.81. The zero-order valence-corrected chi connectivity index (χ0v) is 12.7. The standard InChI is InChI=1S/C16H18O3S/c1-12-4-8-16(9-5-12)20(17,18)19-11-15-7-6-13(2)14(3)10-15/h4-10H,11H2,1-3H3. The molecule has 4 heteroatoms. The summed E-state index contributed by atoms with van der Waals surface area (Å²) in [5, 5.41) is 0. The second kappa shape index (κ2) is 5.77. The second-order valence-corrected chi connectivity index (χ2v) is 6.56. The van der Waals surface area contributed by atoms with Gasteiger partial charge < -0.3 is 0 Å². The first-order valence-electron chi connectivity index (χ1n) is 6.41. The van der Waals surface area contributed by atoms with E-state index < -0.39 is 10.1 Å². The van der Waals surface area contributed by atoms with Gasteiger partial charge in [0, 0.05) is 0 Å². The van der Waals surface area contributed by atoms with Crippen molar-refractivity contribution in [1.82, 2.24) is 0 Å². The molecule has 3 nitrogen and oxygen atoms in total. The summed E-state index contributed by atoms with van der Waals surface area (Å²) in [5.74, 6) is 0. The summed E-state index contributed by atoms with van der Waals surface area (Å²) in [6, 6.07) is 12.4. The Hall–Kier alpha value is -1.65. The third-order valence-corrected chi connectivity index (χ3v) is 4.54. The van der Waals surface area contributed by atoms with Crippen LogP contribution >= 0.6 is 0 Å². The highest BCUT2D eigenvalue weighted by Gasteiger charge is 2.14. The molecule has 0 saturated carbocycles. The van der Waals surface area contributed by atoms with E-state index in [-0.39, 0.29) is 11.5 Å². The van der Waals surface area contributed by atoms with Gasteiger partial charge in [-0.2, -0.15) is 8.42 Å². The third-order valence-electron chi connectivity index (χ3n) is 3.26. The van der Waals surface area contributed by atoms with Crippen LogP contribution in [0.25, 0.3) is 0 Å². The van der Waals surface area contributed by atoms with Crippen LogP contribution in [0.4, 0.5) is 0 Å². The Kier molecular flexibility index (Phi) is 4.26. The molecule has 2 rings (SSSR count). The fourth-order valence-corrected chi connectivity index (χ4v) is 2.71. The van der Waals surface area contributed by atoms with Crippen LogP contribution in [0.15, 0.2) is 47.4 Å². The minimum atomic E-state index is -3.70. The van der Waals surface area contributed by atoms with Gasteiger partial charge in [-0.1, -0.05) is 35.9 Å². The van der Waals surface area contributed by atoms with E-state index in [0.29, 0.717) is 0 Å². The van der Waals surface area contributed by atoms with E-state index >= 15 is 0 Å². The monoisotopic (exact) mass is 290 g/mol. The zero-order chi connectivity index (χ0) is 14.8. The van der Waals surface area contributed by atoms with Gasteiger partial charge in [0.25, 0.3) is 10.1 Å².